The summed E-state index contributed by atoms with van der Waals surface area (Å²) in [5, 5.41) is 12.6. The van der Waals surface area contributed by atoms with E-state index in [2.05, 4.69) is 14.7 Å². The summed E-state index contributed by atoms with van der Waals surface area (Å²) in [6.45, 7) is 0.0309. The number of nitrogens with zero attached hydrogens (tertiary/aromatic N) is 2. The molecule has 94 valence electrons. The lowest BCUT2D eigenvalue weighted by atomic mass is 10.2. The fourth-order valence-corrected chi connectivity index (χ4v) is 1.33. The monoisotopic (exact) mass is 250 g/mol. The number of ether oxygens (including phenoxy) is 2. The van der Waals surface area contributed by atoms with Gasteiger partial charge in [-0.25, -0.2) is 4.79 Å². The van der Waals surface area contributed by atoms with Gasteiger partial charge in [0.1, 0.15) is 17.1 Å². The second kappa shape index (κ2) is 5.17. The highest BCUT2D eigenvalue weighted by molar-refractivity contribution is 5.91. The van der Waals surface area contributed by atoms with Crippen LogP contribution in [0, 0.1) is 0 Å². The van der Waals surface area contributed by atoms with E-state index in [9.17, 15) is 4.79 Å². The molecule has 18 heavy (non-hydrogen) atoms. The largest absolute Gasteiger partial charge is 0.497 e. The van der Waals surface area contributed by atoms with Crippen molar-refractivity contribution in [3.05, 3.63) is 36.0 Å². The summed E-state index contributed by atoms with van der Waals surface area (Å²) in [5.74, 6) is -0.105. The van der Waals surface area contributed by atoms with Crippen molar-refractivity contribution in [3.63, 3.8) is 0 Å². The molecule has 0 radical (unpaired) electrons. The topological polar surface area (TPSA) is 94.7 Å². The van der Waals surface area contributed by atoms with E-state index in [1.807, 2.05) is 0 Å². The number of benzene rings is 1. The molecule has 0 fully saturated rings. The van der Waals surface area contributed by atoms with E-state index in [1.54, 1.807) is 6.07 Å². The van der Waals surface area contributed by atoms with Gasteiger partial charge in [-0.05, 0) is 18.2 Å². The lowest BCUT2D eigenvalue weighted by molar-refractivity contribution is 0.0691. The molecular formula is C11H10N2O5. The van der Waals surface area contributed by atoms with Gasteiger partial charge in [0.05, 0.1) is 7.11 Å². The van der Waals surface area contributed by atoms with Crippen LogP contribution in [0.2, 0.25) is 0 Å². The average molecular weight is 250 g/mol. The van der Waals surface area contributed by atoms with Crippen molar-refractivity contribution in [1.29, 1.82) is 0 Å². The van der Waals surface area contributed by atoms with Crippen LogP contribution in [0.3, 0.4) is 0 Å². The Kier molecular flexibility index (Phi) is 3.42. The van der Waals surface area contributed by atoms with Crippen molar-refractivity contribution in [2.24, 2.45) is 0 Å². The molecular weight excluding hydrogens is 240 g/mol. The van der Waals surface area contributed by atoms with Gasteiger partial charge in [0.25, 0.3) is 0 Å². The summed E-state index contributed by atoms with van der Waals surface area (Å²) < 4.78 is 14.8. The normalized spacial score (nSPS) is 10.1. The summed E-state index contributed by atoms with van der Waals surface area (Å²) in [7, 11) is 1.46. The Balaban J connectivity index is 2.18. The SMILES string of the molecule is COc1ccc(OCc2ncon2)c(C(=O)O)c1. The summed E-state index contributed by atoms with van der Waals surface area (Å²) in [5.41, 5.74) is 0.0119. The molecule has 0 aliphatic rings. The number of carboxylic acids is 1. The molecule has 7 nitrogen and oxygen atoms in total. The van der Waals surface area contributed by atoms with Crippen LogP contribution in [0.1, 0.15) is 16.2 Å². The summed E-state index contributed by atoms with van der Waals surface area (Å²) in [4.78, 5) is 14.8. The lowest BCUT2D eigenvalue weighted by Crippen LogP contribution is -2.04. The molecule has 2 aromatic rings. The number of carboxylic acid groups (broad SMARTS) is 1. The number of aromatic nitrogens is 2. The van der Waals surface area contributed by atoms with Crippen molar-refractivity contribution in [3.8, 4) is 11.5 Å². The second-order valence-electron chi connectivity index (χ2n) is 3.30. The van der Waals surface area contributed by atoms with Crippen LogP contribution in [0.5, 0.6) is 11.5 Å². The molecule has 7 heteroatoms. The smallest absolute Gasteiger partial charge is 0.339 e. The molecule has 0 saturated heterocycles. The third-order valence-corrected chi connectivity index (χ3v) is 2.18. The molecule has 0 bridgehead atoms. The van der Waals surface area contributed by atoms with E-state index in [-0.39, 0.29) is 17.9 Å². The van der Waals surface area contributed by atoms with E-state index in [0.29, 0.717) is 11.6 Å². The number of carbonyl (C=O) groups is 1. The van der Waals surface area contributed by atoms with Crippen LogP contribution in [0.15, 0.2) is 29.1 Å². The maximum Gasteiger partial charge on any atom is 0.339 e. The Morgan fingerprint density at radius 3 is 2.94 bits per heavy atom. The maximum atomic E-state index is 11.1. The minimum atomic E-state index is -1.10. The first-order valence-electron chi connectivity index (χ1n) is 5.00. The Morgan fingerprint density at radius 1 is 1.50 bits per heavy atom. The first kappa shape index (κ1) is 11.9. The second-order valence-corrected chi connectivity index (χ2v) is 3.30. The van der Waals surface area contributed by atoms with Gasteiger partial charge in [-0.15, -0.1) is 0 Å². The van der Waals surface area contributed by atoms with E-state index in [4.69, 9.17) is 14.6 Å². The van der Waals surface area contributed by atoms with Crippen LogP contribution in [-0.4, -0.2) is 28.3 Å². The third kappa shape index (κ3) is 2.57. The van der Waals surface area contributed by atoms with E-state index >= 15 is 0 Å². The zero-order valence-corrected chi connectivity index (χ0v) is 9.49. The highest BCUT2D eigenvalue weighted by atomic mass is 16.5. The van der Waals surface area contributed by atoms with Gasteiger partial charge in [0.15, 0.2) is 6.61 Å². The van der Waals surface area contributed by atoms with E-state index in [0.717, 1.165) is 0 Å². The molecule has 0 aliphatic heterocycles. The van der Waals surface area contributed by atoms with Crippen molar-refractivity contribution in [1.82, 2.24) is 10.1 Å². The first-order chi connectivity index (χ1) is 8.70. The zero-order valence-electron chi connectivity index (χ0n) is 9.49. The predicted molar refractivity (Wildman–Crippen MR) is 58.6 cm³/mol. The van der Waals surface area contributed by atoms with E-state index in [1.165, 1.54) is 25.6 Å². The van der Waals surface area contributed by atoms with Crippen LogP contribution in [-0.2, 0) is 6.61 Å². The molecule has 1 aromatic heterocycles. The number of hydrogen-bond donors (Lipinski definition) is 1. The van der Waals surface area contributed by atoms with Gasteiger partial charge >= 0.3 is 5.97 Å². The van der Waals surface area contributed by atoms with Gasteiger partial charge in [0.2, 0.25) is 12.2 Å². The highest BCUT2D eigenvalue weighted by Crippen LogP contribution is 2.24. The molecule has 0 amide bonds. The molecule has 0 spiro atoms. The molecule has 0 aliphatic carbocycles. The minimum absolute atomic E-state index is 0.0119. The van der Waals surface area contributed by atoms with Gasteiger partial charge in [-0.3, -0.25) is 0 Å². The fourth-order valence-electron chi connectivity index (χ4n) is 1.33. The third-order valence-electron chi connectivity index (χ3n) is 2.18. The molecule has 1 heterocycles. The summed E-state index contributed by atoms with van der Waals surface area (Å²) in [6.07, 6.45) is 1.17. The van der Waals surface area contributed by atoms with Crippen LogP contribution in [0.25, 0.3) is 0 Å². The van der Waals surface area contributed by atoms with Crippen LogP contribution < -0.4 is 9.47 Å². The van der Waals surface area contributed by atoms with Gasteiger partial charge in [0, 0.05) is 0 Å². The predicted octanol–water partition coefficient (Wildman–Crippen LogP) is 1.36. The van der Waals surface area contributed by atoms with Gasteiger partial charge < -0.3 is 19.1 Å². The van der Waals surface area contributed by atoms with Crippen molar-refractivity contribution < 1.29 is 23.9 Å². The molecule has 2 rings (SSSR count). The Labute approximate surface area is 102 Å². The Bertz CT molecular complexity index is 538. The Hall–Kier alpha value is -2.57. The highest BCUT2D eigenvalue weighted by Gasteiger charge is 2.13. The van der Waals surface area contributed by atoms with Crippen molar-refractivity contribution in [2.45, 2.75) is 6.61 Å². The number of methoxy groups -OCH3 is 1. The molecule has 0 atom stereocenters. The summed E-state index contributed by atoms with van der Waals surface area (Å²) >= 11 is 0. The maximum absolute atomic E-state index is 11.1. The van der Waals surface area contributed by atoms with Gasteiger partial charge in [-0.2, -0.15) is 4.98 Å². The fraction of sp³-hybridized carbons (Fsp3) is 0.182. The average Bonchev–Trinajstić information content (AvgIpc) is 2.89. The molecule has 1 N–H and O–H groups in total. The molecule has 0 unspecified atom stereocenters. The van der Waals surface area contributed by atoms with Crippen LogP contribution >= 0.6 is 0 Å². The zero-order chi connectivity index (χ0) is 13.0. The van der Waals surface area contributed by atoms with Crippen molar-refractivity contribution >= 4 is 5.97 Å². The van der Waals surface area contributed by atoms with E-state index < -0.39 is 5.97 Å². The molecule has 1 aromatic carbocycles. The minimum Gasteiger partial charge on any atom is -0.497 e. The quantitative estimate of drug-likeness (QED) is 0.855. The number of hydrogen-bond acceptors (Lipinski definition) is 6. The first-order valence-corrected chi connectivity index (χ1v) is 5.00. The van der Waals surface area contributed by atoms with Crippen LogP contribution in [0.4, 0.5) is 0 Å². The van der Waals surface area contributed by atoms with Gasteiger partial charge in [-0.1, -0.05) is 5.16 Å². The lowest BCUT2D eigenvalue weighted by Gasteiger charge is -2.08. The number of rotatable bonds is 5. The standard InChI is InChI=1S/C11H10N2O5/c1-16-7-2-3-9(8(4-7)11(14)15)17-5-10-12-6-18-13-10/h2-4,6H,5H2,1H3,(H,14,15). The van der Waals surface area contributed by atoms with Crippen molar-refractivity contribution in [2.75, 3.05) is 7.11 Å². The molecule has 0 saturated carbocycles. The summed E-state index contributed by atoms with van der Waals surface area (Å²) in [6, 6.07) is 4.51. The Morgan fingerprint density at radius 2 is 2.33 bits per heavy atom. The number of aromatic carboxylic acids is 1.